The van der Waals surface area contributed by atoms with Crippen molar-refractivity contribution in [3.8, 4) is 11.5 Å². The molecule has 0 amide bonds. The molecule has 3 nitrogen and oxygen atoms in total. The Bertz CT molecular complexity index is 515. The van der Waals surface area contributed by atoms with Crippen LogP contribution in [0, 0.1) is 20.8 Å². The molecular formula is C12H12ClN3. The number of hydrogen-bond donors (Lipinski definition) is 0. The summed E-state index contributed by atoms with van der Waals surface area (Å²) in [5, 5.41) is 0.493. The summed E-state index contributed by atoms with van der Waals surface area (Å²) in [5.74, 6) is 0.589. The zero-order valence-corrected chi connectivity index (χ0v) is 10.2. The van der Waals surface area contributed by atoms with Gasteiger partial charge in [0.1, 0.15) is 10.8 Å². The number of aryl methyl sites for hydroxylation is 2. The minimum atomic E-state index is 0.493. The normalized spacial score (nSPS) is 10.5. The summed E-state index contributed by atoms with van der Waals surface area (Å²) >= 11 is 6.04. The van der Waals surface area contributed by atoms with Crippen molar-refractivity contribution in [2.45, 2.75) is 20.8 Å². The minimum absolute atomic E-state index is 0.493. The highest BCUT2D eigenvalue weighted by Crippen LogP contribution is 2.21. The summed E-state index contributed by atoms with van der Waals surface area (Å²) in [6, 6.07) is 3.87. The second-order valence-electron chi connectivity index (χ2n) is 3.72. The number of hydrogen-bond acceptors (Lipinski definition) is 3. The van der Waals surface area contributed by atoms with E-state index in [-0.39, 0.29) is 0 Å². The lowest BCUT2D eigenvalue weighted by Gasteiger charge is -2.06. The van der Waals surface area contributed by atoms with Crippen LogP contribution >= 0.6 is 11.6 Å². The van der Waals surface area contributed by atoms with Crippen LogP contribution in [-0.4, -0.2) is 15.0 Å². The van der Waals surface area contributed by atoms with Gasteiger partial charge in [-0.3, -0.25) is 4.98 Å². The summed E-state index contributed by atoms with van der Waals surface area (Å²) in [6.45, 7) is 5.81. The van der Waals surface area contributed by atoms with Crippen molar-refractivity contribution in [3.63, 3.8) is 0 Å². The molecule has 0 radical (unpaired) electrons. The Balaban J connectivity index is 2.62. The third-order valence-electron chi connectivity index (χ3n) is 2.55. The molecule has 0 aliphatic rings. The molecule has 0 unspecified atom stereocenters. The molecule has 0 aromatic carbocycles. The largest absolute Gasteiger partial charge is 0.253 e. The minimum Gasteiger partial charge on any atom is -0.253 e. The molecule has 0 aliphatic carbocycles. The molecule has 2 heterocycles. The molecule has 16 heavy (non-hydrogen) atoms. The van der Waals surface area contributed by atoms with Crippen LogP contribution in [0.5, 0.6) is 0 Å². The van der Waals surface area contributed by atoms with Crippen LogP contribution in [0.2, 0.25) is 5.15 Å². The van der Waals surface area contributed by atoms with Crippen molar-refractivity contribution < 1.29 is 0 Å². The standard InChI is InChI=1S/C12H12ClN3/c1-7-5-4-6-14-10(7)12-15-9(3)8(2)11(13)16-12/h4-6H,1-3H3. The van der Waals surface area contributed by atoms with Gasteiger partial charge in [-0.25, -0.2) is 9.97 Å². The molecule has 2 aromatic heterocycles. The number of aromatic nitrogens is 3. The summed E-state index contributed by atoms with van der Waals surface area (Å²) in [6.07, 6.45) is 1.73. The van der Waals surface area contributed by atoms with Gasteiger partial charge in [0.2, 0.25) is 0 Å². The Labute approximate surface area is 99.5 Å². The van der Waals surface area contributed by atoms with Crippen LogP contribution in [0.25, 0.3) is 11.5 Å². The van der Waals surface area contributed by atoms with Gasteiger partial charge in [0, 0.05) is 17.5 Å². The van der Waals surface area contributed by atoms with E-state index in [1.165, 1.54) is 0 Å². The summed E-state index contributed by atoms with van der Waals surface area (Å²) in [4.78, 5) is 12.9. The van der Waals surface area contributed by atoms with Crippen molar-refractivity contribution in [1.82, 2.24) is 15.0 Å². The first kappa shape index (κ1) is 11.0. The molecule has 82 valence electrons. The van der Waals surface area contributed by atoms with Gasteiger partial charge in [-0.2, -0.15) is 0 Å². The molecule has 0 N–H and O–H groups in total. The van der Waals surface area contributed by atoms with Crippen LogP contribution in [0.4, 0.5) is 0 Å². The van der Waals surface area contributed by atoms with Crippen LogP contribution in [-0.2, 0) is 0 Å². The van der Waals surface area contributed by atoms with Gasteiger partial charge in [-0.05, 0) is 32.4 Å². The van der Waals surface area contributed by atoms with E-state index in [0.29, 0.717) is 11.0 Å². The predicted octanol–water partition coefficient (Wildman–Crippen LogP) is 3.12. The van der Waals surface area contributed by atoms with Gasteiger partial charge in [0.15, 0.2) is 5.82 Å². The highest BCUT2D eigenvalue weighted by atomic mass is 35.5. The van der Waals surface area contributed by atoms with E-state index >= 15 is 0 Å². The Hall–Kier alpha value is -1.48. The third kappa shape index (κ3) is 1.91. The predicted molar refractivity (Wildman–Crippen MR) is 64.5 cm³/mol. The van der Waals surface area contributed by atoms with Gasteiger partial charge in [-0.15, -0.1) is 0 Å². The Morgan fingerprint density at radius 1 is 1.12 bits per heavy atom. The summed E-state index contributed by atoms with van der Waals surface area (Å²) in [7, 11) is 0. The van der Waals surface area contributed by atoms with Crippen molar-refractivity contribution in [1.29, 1.82) is 0 Å². The molecule has 0 saturated heterocycles. The number of halogens is 1. The summed E-state index contributed by atoms with van der Waals surface area (Å²) in [5.41, 5.74) is 3.63. The van der Waals surface area contributed by atoms with E-state index in [0.717, 1.165) is 22.5 Å². The first-order valence-corrected chi connectivity index (χ1v) is 5.40. The van der Waals surface area contributed by atoms with Crippen LogP contribution in [0.1, 0.15) is 16.8 Å². The van der Waals surface area contributed by atoms with Gasteiger partial charge >= 0.3 is 0 Å². The molecule has 2 rings (SSSR count). The maximum Gasteiger partial charge on any atom is 0.180 e. The van der Waals surface area contributed by atoms with E-state index in [9.17, 15) is 0 Å². The second-order valence-corrected chi connectivity index (χ2v) is 4.08. The molecule has 0 saturated carbocycles. The zero-order valence-electron chi connectivity index (χ0n) is 9.45. The van der Waals surface area contributed by atoms with Crippen molar-refractivity contribution in [3.05, 3.63) is 40.3 Å². The van der Waals surface area contributed by atoms with E-state index in [1.807, 2.05) is 32.9 Å². The smallest absolute Gasteiger partial charge is 0.180 e. The molecule has 0 atom stereocenters. The SMILES string of the molecule is Cc1cccnc1-c1nc(C)c(C)c(Cl)n1. The van der Waals surface area contributed by atoms with E-state index in [2.05, 4.69) is 15.0 Å². The van der Waals surface area contributed by atoms with E-state index in [1.54, 1.807) is 6.20 Å². The topological polar surface area (TPSA) is 38.7 Å². The second kappa shape index (κ2) is 4.18. The van der Waals surface area contributed by atoms with Gasteiger partial charge < -0.3 is 0 Å². The maximum atomic E-state index is 6.04. The van der Waals surface area contributed by atoms with Crippen molar-refractivity contribution in [2.75, 3.05) is 0 Å². The molecule has 0 bridgehead atoms. The fourth-order valence-electron chi connectivity index (χ4n) is 1.42. The summed E-state index contributed by atoms with van der Waals surface area (Å²) < 4.78 is 0. The van der Waals surface area contributed by atoms with Crippen molar-refractivity contribution >= 4 is 11.6 Å². The molecule has 2 aromatic rings. The van der Waals surface area contributed by atoms with Crippen molar-refractivity contribution in [2.24, 2.45) is 0 Å². The van der Waals surface area contributed by atoms with E-state index < -0.39 is 0 Å². The van der Waals surface area contributed by atoms with Crippen LogP contribution < -0.4 is 0 Å². The third-order valence-corrected chi connectivity index (χ3v) is 2.92. The van der Waals surface area contributed by atoms with Crippen LogP contribution in [0.3, 0.4) is 0 Å². The lowest BCUT2D eigenvalue weighted by atomic mass is 10.2. The highest BCUT2D eigenvalue weighted by molar-refractivity contribution is 6.30. The Kier molecular flexibility index (Phi) is 2.88. The quantitative estimate of drug-likeness (QED) is 0.711. The number of pyridine rings is 1. The van der Waals surface area contributed by atoms with Gasteiger partial charge in [0.05, 0.1) is 0 Å². The highest BCUT2D eigenvalue weighted by Gasteiger charge is 2.10. The number of nitrogens with zero attached hydrogens (tertiary/aromatic N) is 3. The van der Waals surface area contributed by atoms with Gasteiger partial charge in [-0.1, -0.05) is 17.7 Å². The molecule has 0 spiro atoms. The maximum absolute atomic E-state index is 6.04. The fraction of sp³-hybridized carbons (Fsp3) is 0.250. The molecule has 0 fully saturated rings. The lowest BCUT2D eigenvalue weighted by Crippen LogP contribution is -1.99. The van der Waals surface area contributed by atoms with Crippen LogP contribution in [0.15, 0.2) is 18.3 Å². The number of rotatable bonds is 1. The average molecular weight is 234 g/mol. The molecule has 0 aliphatic heterocycles. The average Bonchev–Trinajstić information content (AvgIpc) is 2.26. The Morgan fingerprint density at radius 3 is 2.50 bits per heavy atom. The zero-order chi connectivity index (χ0) is 11.7. The lowest BCUT2D eigenvalue weighted by molar-refractivity contribution is 1.05. The monoisotopic (exact) mass is 233 g/mol. The first-order valence-electron chi connectivity index (χ1n) is 5.02. The first-order chi connectivity index (χ1) is 7.59. The molecule has 4 heteroatoms. The fourth-order valence-corrected chi connectivity index (χ4v) is 1.64. The Morgan fingerprint density at radius 2 is 1.88 bits per heavy atom. The molecular weight excluding hydrogens is 222 g/mol. The van der Waals surface area contributed by atoms with Gasteiger partial charge in [0.25, 0.3) is 0 Å². The van der Waals surface area contributed by atoms with E-state index in [4.69, 9.17) is 11.6 Å².